The molecule has 4 rings (SSSR count). The van der Waals surface area contributed by atoms with Gasteiger partial charge < -0.3 is 4.74 Å². The number of alkyl halides is 1. The van der Waals surface area contributed by atoms with E-state index in [1.54, 1.807) is 24.3 Å². The van der Waals surface area contributed by atoms with Crippen LogP contribution in [0.5, 0.6) is 0 Å². The van der Waals surface area contributed by atoms with Crippen LogP contribution < -0.4 is 0 Å². The zero-order valence-corrected chi connectivity index (χ0v) is 22.6. The van der Waals surface area contributed by atoms with Crippen molar-refractivity contribution in [3.63, 3.8) is 0 Å². The van der Waals surface area contributed by atoms with E-state index < -0.39 is 35.5 Å². The van der Waals surface area contributed by atoms with Crippen LogP contribution >= 0.6 is 0 Å². The molecule has 2 atom stereocenters. The highest BCUT2D eigenvalue weighted by molar-refractivity contribution is 5.68. The lowest BCUT2D eigenvalue weighted by atomic mass is 9.88. The Hall–Kier alpha value is -3.06. The zero-order valence-electron chi connectivity index (χ0n) is 22.6. The van der Waals surface area contributed by atoms with E-state index in [0.717, 1.165) is 25.0 Å². The van der Waals surface area contributed by atoms with Crippen molar-refractivity contribution in [3.05, 3.63) is 100 Å². The lowest BCUT2D eigenvalue weighted by molar-refractivity contribution is -0.00119. The largest absolute Gasteiger partial charge is 0.378 e. The van der Waals surface area contributed by atoms with Gasteiger partial charge in [0.2, 0.25) is 0 Å². The smallest absolute Gasteiger partial charge is 0.161 e. The van der Waals surface area contributed by atoms with Gasteiger partial charge in [-0.1, -0.05) is 56.2 Å². The summed E-state index contributed by atoms with van der Waals surface area (Å²) in [5.41, 5.74) is 1.93. The number of ether oxygens (including phenoxy) is 1. The van der Waals surface area contributed by atoms with Gasteiger partial charge >= 0.3 is 0 Å². The van der Waals surface area contributed by atoms with Crippen LogP contribution in [0.25, 0.3) is 17.0 Å². The van der Waals surface area contributed by atoms with Crippen LogP contribution in [0, 0.1) is 17.5 Å². The van der Waals surface area contributed by atoms with Crippen LogP contribution in [0.3, 0.4) is 0 Å². The minimum atomic E-state index is -1.19. The molecule has 0 radical (unpaired) electrons. The Morgan fingerprint density at radius 1 is 0.850 bits per heavy atom. The van der Waals surface area contributed by atoms with Gasteiger partial charge in [0.1, 0.15) is 30.0 Å². The molecule has 1 heterocycles. The fraction of sp³-hybridized carbons (Fsp3) is 0.394. The minimum Gasteiger partial charge on any atom is -0.378 e. The molecular formula is C33H34F6O. The highest BCUT2D eigenvalue weighted by Gasteiger charge is 2.25. The third-order valence-corrected chi connectivity index (χ3v) is 7.61. The predicted octanol–water partition coefficient (Wildman–Crippen LogP) is 10.3. The molecule has 0 saturated carbocycles. The van der Waals surface area contributed by atoms with E-state index in [1.165, 1.54) is 18.2 Å². The molecule has 0 spiro atoms. The second-order valence-electron chi connectivity index (χ2n) is 10.4. The highest BCUT2D eigenvalue weighted by atomic mass is 19.2. The van der Waals surface area contributed by atoms with E-state index in [9.17, 15) is 22.0 Å². The van der Waals surface area contributed by atoms with Crippen molar-refractivity contribution >= 4 is 5.83 Å². The molecule has 1 fully saturated rings. The maximum atomic E-state index is 15.1. The number of aryl methyl sites for hydroxylation is 1. The number of allylic oxidation sites excluding steroid dienone is 1. The number of halogens is 6. The number of hydrogen-bond acceptors (Lipinski definition) is 1. The van der Waals surface area contributed by atoms with Gasteiger partial charge in [0.25, 0.3) is 0 Å². The molecular weight excluding hydrogens is 526 g/mol. The highest BCUT2D eigenvalue weighted by Crippen LogP contribution is 2.34. The maximum Gasteiger partial charge on any atom is 0.161 e. The van der Waals surface area contributed by atoms with Crippen molar-refractivity contribution in [1.82, 2.24) is 0 Å². The molecule has 0 N–H and O–H groups in total. The summed E-state index contributed by atoms with van der Waals surface area (Å²) in [5.74, 6) is -3.85. The van der Waals surface area contributed by atoms with Crippen molar-refractivity contribution < 1.29 is 31.1 Å². The Kier molecular flexibility index (Phi) is 10.5. The van der Waals surface area contributed by atoms with Gasteiger partial charge in [-0.25, -0.2) is 26.3 Å². The Bertz CT molecular complexity index is 1290. The molecule has 1 saturated heterocycles. The van der Waals surface area contributed by atoms with Crippen molar-refractivity contribution in [2.75, 3.05) is 6.61 Å². The molecule has 1 nitrogen and oxygen atoms in total. The first-order valence-electron chi connectivity index (χ1n) is 13.9. The van der Waals surface area contributed by atoms with E-state index >= 15 is 4.39 Å². The first kappa shape index (κ1) is 29.9. The summed E-state index contributed by atoms with van der Waals surface area (Å²) < 4.78 is 90.0. The standard InChI is InChI=1S/C33H34F6O/c1-2-3-4-5-29(35)33(39)23-9-7-22(8-10-23)24-12-15-27(32(38)18-24)25-11-14-26(40-20-25)13-6-21-16-30(36)28(19-34)31(37)17-21/h7-10,12,15-18,25-26H,2-6,11,13-14,19-20H2,1H3/b33-29+. The summed E-state index contributed by atoms with van der Waals surface area (Å²) in [6, 6.07) is 13.6. The van der Waals surface area contributed by atoms with Gasteiger partial charge in [-0.05, 0) is 72.6 Å². The predicted molar refractivity (Wildman–Crippen MR) is 146 cm³/mol. The van der Waals surface area contributed by atoms with E-state index in [2.05, 4.69) is 0 Å². The molecule has 0 aromatic heterocycles. The quantitative estimate of drug-likeness (QED) is 0.167. The SMILES string of the molecule is CCCCC/C(F)=C(\F)c1ccc(-c2ccc(C3CCC(CCc4cc(F)c(CF)c(F)c4)OC3)c(F)c2)cc1. The van der Waals surface area contributed by atoms with E-state index in [1.807, 2.05) is 6.92 Å². The normalized spacial score (nSPS) is 18.1. The summed E-state index contributed by atoms with van der Waals surface area (Å²) in [7, 11) is 0. The maximum absolute atomic E-state index is 15.1. The van der Waals surface area contributed by atoms with Crippen molar-refractivity contribution in [3.8, 4) is 11.1 Å². The summed E-state index contributed by atoms with van der Waals surface area (Å²) in [6.07, 6.45) is 4.66. The molecule has 1 aliphatic rings. The number of benzene rings is 3. The number of rotatable bonds is 11. The molecule has 7 heteroatoms. The Morgan fingerprint density at radius 3 is 2.15 bits per heavy atom. The number of unbranched alkanes of at least 4 members (excludes halogenated alkanes) is 2. The summed E-state index contributed by atoms with van der Waals surface area (Å²) in [4.78, 5) is 0. The second-order valence-corrected chi connectivity index (χ2v) is 10.4. The van der Waals surface area contributed by atoms with Gasteiger partial charge in [-0.15, -0.1) is 0 Å². The van der Waals surface area contributed by atoms with E-state index in [0.29, 0.717) is 61.0 Å². The molecule has 0 aliphatic carbocycles. The third kappa shape index (κ3) is 7.36. The van der Waals surface area contributed by atoms with Crippen LogP contribution in [0.4, 0.5) is 26.3 Å². The van der Waals surface area contributed by atoms with Gasteiger partial charge in [-0.2, -0.15) is 0 Å². The van der Waals surface area contributed by atoms with Gasteiger partial charge in [0, 0.05) is 17.9 Å². The summed E-state index contributed by atoms with van der Waals surface area (Å²) in [5, 5.41) is 0. The molecule has 0 bridgehead atoms. The Labute approximate surface area is 231 Å². The molecule has 1 aliphatic heterocycles. The molecule has 40 heavy (non-hydrogen) atoms. The first-order valence-corrected chi connectivity index (χ1v) is 13.9. The second kappa shape index (κ2) is 14.0. The van der Waals surface area contributed by atoms with Crippen molar-refractivity contribution in [1.29, 1.82) is 0 Å². The first-order chi connectivity index (χ1) is 19.3. The summed E-state index contributed by atoms with van der Waals surface area (Å²) >= 11 is 0. The third-order valence-electron chi connectivity index (χ3n) is 7.61. The van der Waals surface area contributed by atoms with Gasteiger partial charge in [0.15, 0.2) is 5.83 Å². The average molecular weight is 561 g/mol. The van der Waals surface area contributed by atoms with Gasteiger partial charge in [0.05, 0.1) is 18.3 Å². The molecule has 2 unspecified atom stereocenters. The fourth-order valence-electron chi connectivity index (χ4n) is 5.18. The lowest BCUT2D eigenvalue weighted by Gasteiger charge is -2.29. The molecule has 214 valence electrons. The zero-order chi connectivity index (χ0) is 28.6. The van der Waals surface area contributed by atoms with Crippen molar-refractivity contribution in [2.45, 2.75) is 77.0 Å². The van der Waals surface area contributed by atoms with Crippen LogP contribution in [-0.2, 0) is 17.8 Å². The monoisotopic (exact) mass is 560 g/mol. The van der Waals surface area contributed by atoms with Gasteiger partial charge in [-0.3, -0.25) is 0 Å². The topological polar surface area (TPSA) is 9.23 Å². The summed E-state index contributed by atoms with van der Waals surface area (Å²) in [6.45, 7) is 1.14. The van der Waals surface area contributed by atoms with Crippen LogP contribution in [0.2, 0.25) is 0 Å². The van der Waals surface area contributed by atoms with Crippen LogP contribution in [-0.4, -0.2) is 12.7 Å². The molecule has 3 aromatic rings. The fourth-order valence-corrected chi connectivity index (χ4v) is 5.18. The Morgan fingerprint density at radius 2 is 1.55 bits per heavy atom. The number of hydrogen-bond donors (Lipinski definition) is 0. The van der Waals surface area contributed by atoms with Crippen molar-refractivity contribution in [2.24, 2.45) is 0 Å². The van der Waals surface area contributed by atoms with Crippen LogP contribution in [0.15, 0.2) is 60.4 Å². The Balaban J connectivity index is 1.33. The molecule has 0 amide bonds. The average Bonchev–Trinajstić information content (AvgIpc) is 2.96. The molecule has 3 aromatic carbocycles. The lowest BCUT2D eigenvalue weighted by Crippen LogP contribution is -2.25. The van der Waals surface area contributed by atoms with E-state index in [4.69, 9.17) is 4.74 Å². The minimum absolute atomic E-state index is 0.0785. The van der Waals surface area contributed by atoms with E-state index in [-0.39, 0.29) is 29.8 Å². The van der Waals surface area contributed by atoms with Crippen LogP contribution in [0.1, 0.15) is 80.0 Å².